The molecule has 138 valence electrons. The predicted molar refractivity (Wildman–Crippen MR) is 89.9 cm³/mol. The minimum absolute atomic E-state index is 0.274. The van der Waals surface area contributed by atoms with Crippen molar-refractivity contribution in [2.45, 2.75) is 31.0 Å². The molecule has 4 unspecified atom stereocenters. The van der Waals surface area contributed by atoms with E-state index in [4.69, 9.17) is 23.3 Å². The monoisotopic (exact) mass is 374 g/mol. The molecule has 1 aliphatic heterocycles. The molecule has 1 aromatic rings. The van der Waals surface area contributed by atoms with E-state index in [1.165, 1.54) is 29.0 Å². The Balaban J connectivity index is 2.13. The second-order valence-corrected chi connectivity index (χ2v) is 7.97. The fraction of sp³-hybridized carbons (Fsp3) is 0.533. The lowest BCUT2D eigenvalue weighted by molar-refractivity contribution is -0.150. The Morgan fingerprint density at radius 1 is 1.32 bits per heavy atom. The summed E-state index contributed by atoms with van der Waals surface area (Å²) in [5.74, 6) is -0.706. The minimum Gasteiger partial charge on any atom is -0.450 e. The predicted octanol–water partition coefficient (Wildman–Crippen LogP) is 1.72. The molecule has 10 heteroatoms. The van der Waals surface area contributed by atoms with Crippen molar-refractivity contribution in [1.29, 1.82) is 0 Å². The van der Waals surface area contributed by atoms with Crippen LogP contribution in [0.2, 0.25) is 0 Å². The fourth-order valence-electron chi connectivity index (χ4n) is 2.30. The average Bonchev–Trinajstić information content (AvgIpc) is 2.83. The van der Waals surface area contributed by atoms with Gasteiger partial charge in [0.2, 0.25) is 0 Å². The molecule has 4 atom stereocenters. The highest BCUT2D eigenvalue weighted by Crippen LogP contribution is 2.47. The van der Waals surface area contributed by atoms with Gasteiger partial charge >= 0.3 is 13.6 Å². The second-order valence-electron chi connectivity index (χ2n) is 5.76. The summed E-state index contributed by atoms with van der Waals surface area (Å²) >= 11 is 0. The van der Waals surface area contributed by atoms with Crippen molar-refractivity contribution in [3.63, 3.8) is 0 Å². The molecule has 0 N–H and O–H groups in total. The molecule has 1 aromatic carbocycles. The number of carbonyl (C=O) groups excluding carboxylic acids is 1. The molecular weight excluding hydrogens is 353 g/mol. The molecule has 0 bridgehead atoms. The molecule has 1 saturated heterocycles. The number of ether oxygens (including phenoxy) is 3. The van der Waals surface area contributed by atoms with Crippen LogP contribution in [0.15, 0.2) is 30.3 Å². The van der Waals surface area contributed by atoms with Crippen LogP contribution in [0.4, 0.5) is 4.39 Å². The zero-order valence-corrected chi connectivity index (χ0v) is 15.4. The molecule has 1 heterocycles. The molecule has 2 rings (SSSR count). The van der Waals surface area contributed by atoms with E-state index in [0.717, 1.165) is 0 Å². The maximum atomic E-state index is 15.0. The summed E-state index contributed by atoms with van der Waals surface area (Å²) in [4.78, 5) is 12.2. The highest BCUT2D eigenvalue weighted by Gasteiger charge is 2.56. The zero-order valence-electron chi connectivity index (χ0n) is 14.5. The summed E-state index contributed by atoms with van der Waals surface area (Å²) in [5.41, 5.74) is -1.71. The molecule has 0 aromatic heterocycles. The van der Waals surface area contributed by atoms with Gasteiger partial charge in [0.25, 0.3) is 0 Å². The van der Waals surface area contributed by atoms with Crippen molar-refractivity contribution >= 4 is 21.4 Å². The molecule has 1 aliphatic rings. The quantitative estimate of drug-likeness (QED) is 0.408. The smallest absolute Gasteiger partial charge is 0.355 e. The van der Waals surface area contributed by atoms with E-state index in [-0.39, 0.29) is 5.56 Å². The highest BCUT2D eigenvalue weighted by atomic mass is 31.2. The Kier molecular flexibility index (Phi) is 6.40. The number of halogens is 1. The first-order valence-electron chi connectivity index (χ1n) is 7.66. The Bertz CT molecular complexity index is 634. The third kappa shape index (κ3) is 4.48. The number of esters is 1. The van der Waals surface area contributed by atoms with Gasteiger partial charge in [-0.25, -0.2) is 9.18 Å². The highest BCUT2D eigenvalue weighted by molar-refractivity contribution is 7.53. The van der Waals surface area contributed by atoms with Gasteiger partial charge in [0.1, 0.15) is 7.85 Å². The van der Waals surface area contributed by atoms with E-state index in [9.17, 15) is 13.8 Å². The average molecular weight is 374 g/mol. The Hall–Kier alpha value is -1.25. The van der Waals surface area contributed by atoms with Crippen LogP contribution in [0.25, 0.3) is 0 Å². The van der Waals surface area contributed by atoms with Gasteiger partial charge < -0.3 is 23.3 Å². The maximum Gasteiger partial charge on any atom is 0.355 e. The Labute approximate surface area is 146 Å². The van der Waals surface area contributed by atoms with Crippen LogP contribution >= 0.6 is 7.60 Å². The van der Waals surface area contributed by atoms with Crippen LogP contribution in [0.1, 0.15) is 17.3 Å². The third-order valence-electron chi connectivity index (χ3n) is 4.13. The number of benzene rings is 1. The minimum atomic E-state index is -3.48. The number of alkyl halides is 1. The van der Waals surface area contributed by atoms with Crippen LogP contribution in [-0.4, -0.2) is 58.4 Å². The summed E-state index contributed by atoms with van der Waals surface area (Å²) < 4.78 is 52.6. The second kappa shape index (κ2) is 7.97. The van der Waals surface area contributed by atoms with Crippen LogP contribution in [0.5, 0.6) is 0 Å². The van der Waals surface area contributed by atoms with Gasteiger partial charge in [-0.3, -0.25) is 4.57 Å². The third-order valence-corrected chi connectivity index (χ3v) is 5.71. The summed E-state index contributed by atoms with van der Waals surface area (Å²) in [6.45, 7) is 1.26. The standard InChI is InChI=1S/C15H21BFO7P/c1-15(17)11(23-12(18)10-7-5-4-6-8-10)13(24-14(15)16)22-9-25(19,20-2)21-3/h4-8,11,13-14H,9,16H2,1-3H3. The molecular formula is C15H21BFO7P. The van der Waals surface area contributed by atoms with E-state index in [1.807, 2.05) is 0 Å². The molecule has 0 spiro atoms. The van der Waals surface area contributed by atoms with Gasteiger partial charge in [-0.2, -0.15) is 0 Å². The van der Waals surface area contributed by atoms with E-state index in [1.54, 1.807) is 30.3 Å². The normalized spacial score (nSPS) is 29.5. The van der Waals surface area contributed by atoms with E-state index < -0.39 is 44.0 Å². The molecule has 1 fully saturated rings. The van der Waals surface area contributed by atoms with Crippen LogP contribution in [-0.2, 0) is 27.8 Å². The molecule has 0 saturated carbocycles. The van der Waals surface area contributed by atoms with E-state index in [2.05, 4.69) is 0 Å². The van der Waals surface area contributed by atoms with Crippen LogP contribution in [0, 0.1) is 0 Å². The maximum absolute atomic E-state index is 15.0. The molecule has 25 heavy (non-hydrogen) atoms. The van der Waals surface area contributed by atoms with Crippen molar-refractivity contribution in [3.8, 4) is 0 Å². The molecule has 0 aliphatic carbocycles. The van der Waals surface area contributed by atoms with Gasteiger partial charge in [-0.05, 0) is 19.1 Å². The summed E-state index contributed by atoms with van der Waals surface area (Å²) in [6, 6.07) is 7.29. The SMILES string of the molecule is BC1OC(OCP(=O)(OC)OC)C(OC(=O)c2ccccc2)C1(C)F. The van der Waals surface area contributed by atoms with Crippen LogP contribution < -0.4 is 0 Å². The van der Waals surface area contributed by atoms with E-state index >= 15 is 0 Å². The molecule has 0 radical (unpaired) electrons. The van der Waals surface area contributed by atoms with Crippen molar-refractivity contribution in [1.82, 2.24) is 0 Å². The molecule has 7 nitrogen and oxygen atoms in total. The van der Waals surface area contributed by atoms with E-state index in [0.29, 0.717) is 0 Å². The molecule has 0 amide bonds. The van der Waals surface area contributed by atoms with Gasteiger partial charge in [0.05, 0.1) is 11.6 Å². The summed E-state index contributed by atoms with van der Waals surface area (Å²) in [5, 5.41) is 0. The fourth-order valence-corrected chi connectivity index (χ4v) is 2.99. The first-order valence-corrected chi connectivity index (χ1v) is 9.39. The van der Waals surface area contributed by atoms with Crippen molar-refractivity contribution in [3.05, 3.63) is 35.9 Å². The van der Waals surface area contributed by atoms with Crippen LogP contribution in [0.3, 0.4) is 0 Å². The summed E-state index contributed by atoms with van der Waals surface area (Å²) in [7, 11) is 0.432. The van der Waals surface area contributed by atoms with Gasteiger partial charge in [0.15, 0.2) is 24.4 Å². The number of carbonyl (C=O) groups is 1. The van der Waals surface area contributed by atoms with Crippen molar-refractivity contribution in [2.75, 3.05) is 20.6 Å². The lowest BCUT2D eigenvalue weighted by Crippen LogP contribution is -2.45. The van der Waals surface area contributed by atoms with Crippen molar-refractivity contribution in [2.24, 2.45) is 0 Å². The first-order chi connectivity index (χ1) is 11.7. The van der Waals surface area contributed by atoms with Gasteiger partial charge in [-0.15, -0.1) is 0 Å². The lowest BCUT2D eigenvalue weighted by atomic mass is 9.84. The van der Waals surface area contributed by atoms with Gasteiger partial charge in [0, 0.05) is 14.2 Å². The zero-order chi connectivity index (χ0) is 18.7. The van der Waals surface area contributed by atoms with Gasteiger partial charge in [-0.1, -0.05) is 18.2 Å². The lowest BCUT2D eigenvalue weighted by Gasteiger charge is -2.26. The Morgan fingerprint density at radius 2 is 1.92 bits per heavy atom. The largest absolute Gasteiger partial charge is 0.450 e. The topological polar surface area (TPSA) is 80.3 Å². The number of rotatable bonds is 7. The number of hydrogen-bond acceptors (Lipinski definition) is 7. The Morgan fingerprint density at radius 3 is 2.48 bits per heavy atom. The van der Waals surface area contributed by atoms with Crippen molar-refractivity contribution < 1.29 is 37.0 Å². The first kappa shape index (κ1) is 20.1. The summed E-state index contributed by atoms with van der Waals surface area (Å²) in [6.07, 6.45) is -3.04. The number of hydrogen-bond donors (Lipinski definition) is 0.